The van der Waals surface area contributed by atoms with Gasteiger partial charge in [0.15, 0.2) is 0 Å². The highest BCUT2D eigenvalue weighted by atomic mass is 32.2. The molecule has 0 radical (unpaired) electrons. The van der Waals surface area contributed by atoms with Crippen LogP contribution in [0, 0.1) is 6.92 Å². The highest BCUT2D eigenvalue weighted by Gasteiger charge is 2.32. The van der Waals surface area contributed by atoms with Crippen molar-refractivity contribution in [3.63, 3.8) is 0 Å². The van der Waals surface area contributed by atoms with Crippen LogP contribution in [-0.4, -0.2) is 36.0 Å². The van der Waals surface area contributed by atoms with Gasteiger partial charge in [-0.2, -0.15) is 9.40 Å². The average molecular weight is 362 g/mol. The van der Waals surface area contributed by atoms with Gasteiger partial charge in [-0.15, -0.1) is 0 Å². The first-order chi connectivity index (χ1) is 11.7. The third-order valence-electron chi connectivity index (χ3n) is 5.02. The zero-order valence-corrected chi connectivity index (χ0v) is 16.2. The first-order valence-corrected chi connectivity index (χ1v) is 10.2. The minimum Gasteiger partial charge on any atom is -0.282 e. The molecule has 1 aliphatic heterocycles. The van der Waals surface area contributed by atoms with Gasteiger partial charge in [0, 0.05) is 24.7 Å². The van der Waals surface area contributed by atoms with Crippen LogP contribution in [-0.2, 0) is 15.4 Å². The van der Waals surface area contributed by atoms with E-state index < -0.39 is 10.0 Å². The van der Waals surface area contributed by atoms with Gasteiger partial charge in [0.05, 0.1) is 11.1 Å². The van der Waals surface area contributed by atoms with Crippen molar-refractivity contribution in [1.29, 1.82) is 0 Å². The Labute approximate surface area is 150 Å². The molecule has 1 aromatic heterocycles. The van der Waals surface area contributed by atoms with Crippen molar-refractivity contribution in [3.8, 4) is 0 Å². The monoisotopic (exact) mass is 361 g/mol. The Bertz CT molecular complexity index is 832. The number of benzene rings is 1. The van der Waals surface area contributed by atoms with E-state index in [4.69, 9.17) is 0 Å². The molecule has 0 amide bonds. The first kappa shape index (κ1) is 18.1. The first-order valence-electron chi connectivity index (χ1n) is 8.80. The third-order valence-corrected chi connectivity index (χ3v) is 6.90. The summed E-state index contributed by atoms with van der Waals surface area (Å²) < 4.78 is 27.7. The molecule has 0 spiro atoms. The fourth-order valence-electron chi connectivity index (χ4n) is 3.44. The highest BCUT2D eigenvalue weighted by Crippen LogP contribution is 2.31. The number of nitrogens with zero attached hydrogens (tertiary/aromatic N) is 2. The van der Waals surface area contributed by atoms with Crippen LogP contribution in [0.25, 0.3) is 0 Å². The summed E-state index contributed by atoms with van der Waals surface area (Å²) in [5.41, 5.74) is 3.30. The molecule has 136 valence electrons. The number of sulfonamides is 1. The van der Waals surface area contributed by atoms with E-state index >= 15 is 0 Å². The number of hydrogen-bond acceptors (Lipinski definition) is 3. The molecule has 0 aliphatic carbocycles. The van der Waals surface area contributed by atoms with E-state index in [1.807, 2.05) is 19.1 Å². The number of H-pyrrole nitrogens is 1. The predicted molar refractivity (Wildman–Crippen MR) is 99.2 cm³/mol. The number of nitrogens with one attached hydrogen (secondary N) is 1. The van der Waals surface area contributed by atoms with E-state index in [1.54, 1.807) is 22.6 Å². The summed E-state index contributed by atoms with van der Waals surface area (Å²) >= 11 is 0. The van der Waals surface area contributed by atoms with E-state index in [-0.39, 0.29) is 11.3 Å². The van der Waals surface area contributed by atoms with E-state index in [2.05, 4.69) is 31.0 Å². The summed E-state index contributed by atoms with van der Waals surface area (Å²) in [4.78, 5) is 0.377. The fourth-order valence-corrected chi connectivity index (χ4v) is 4.97. The molecule has 1 saturated heterocycles. The maximum Gasteiger partial charge on any atom is 0.243 e. The Morgan fingerprint density at radius 2 is 1.88 bits per heavy atom. The summed E-state index contributed by atoms with van der Waals surface area (Å²) in [6.45, 7) is 9.46. The van der Waals surface area contributed by atoms with Gasteiger partial charge in [0.25, 0.3) is 0 Å². The van der Waals surface area contributed by atoms with Crippen LogP contribution in [0.3, 0.4) is 0 Å². The molecule has 2 heterocycles. The number of rotatable bonds is 3. The summed E-state index contributed by atoms with van der Waals surface area (Å²) in [5, 5.41) is 7.12. The summed E-state index contributed by atoms with van der Waals surface area (Å²) in [7, 11) is -3.46. The second-order valence-electron chi connectivity index (χ2n) is 7.94. The van der Waals surface area contributed by atoms with Crippen LogP contribution in [0.5, 0.6) is 0 Å². The van der Waals surface area contributed by atoms with Crippen LogP contribution in [0.2, 0.25) is 0 Å². The van der Waals surface area contributed by atoms with Crippen molar-refractivity contribution >= 4 is 10.0 Å². The zero-order valence-electron chi connectivity index (χ0n) is 15.4. The van der Waals surface area contributed by atoms with Gasteiger partial charge < -0.3 is 0 Å². The largest absolute Gasteiger partial charge is 0.282 e. The summed E-state index contributed by atoms with van der Waals surface area (Å²) in [6, 6.07) is 7.32. The minimum atomic E-state index is -3.46. The lowest BCUT2D eigenvalue weighted by molar-refractivity contribution is 0.312. The second kappa shape index (κ2) is 6.57. The molecule has 5 nitrogen and oxygen atoms in total. The zero-order chi connectivity index (χ0) is 18.2. The molecule has 25 heavy (non-hydrogen) atoms. The minimum absolute atomic E-state index is 0.0106. The van der Waals surface area contributed by atoms with E-state index in [9.17, 15) is 8.42 Å². The van der Waals surface area contributed by atoms with Crippen molar-refractivity contribution in [3.05, 3.63) is 47.3 Å². The van der Waals surface area contributed by atoms with Gasteiger partial charge in [-0.25, -0.2) is 8.42 Å². The SMILES string of the molecule is Cc1cn[nH]c1[C@@H]1CCCN(S(=O)(=O)c2ccc(C(C)(C)C)cc2)C1. The Balaban J connectivity index is 1.83. The van der Waals surface area contributed by atoms with Crippen molar-refractivity contribution in [1.82, 2.24) is 14.5 Å². The number of hydrogen-bond donors (Lipinski definition) is 1. The van der Waals surface area contributed by atoms with E-state index in [0.717, 1.165) is 29.7 Å². The lowest BCUT2D eigenvalue weighted by Gasteiger charge is -2.32. The van der Waals surface area contributed by atoms with E-state index in [0.29, 0.717) is 18.0 Å². The molecule has 1 aromatic carbocycles. The summed E-state index contributed by atoms with van der Waals surface area (Å²) in [5.74, 6) is 0.180. The van der Waals surface area contributed by atoms with Crippen LogP contribution < -0.4 is 0 Å². The lowest BCUT2D eigenvalue weighted by atomic mass is 9.87. The number of aryl methyl sites for hydroxylation is 1. The van der Waals surface area contributed by atoms with Gasteiger partial charge in [-0.05, 0) is 48.4 Å². The average Bonchev–Trinajstić information content (AvgIpc) is 3.00. The van der Waals surface area contributed by atoms with E-state index in [1.165, 1.54) is 0 Å². The molecular formula is C19H27N3O2S. The summed E-state index contributed by atoms with van der Waals surface area (Å²) in [6.07, 6.45) is 3.65. The lowest BCUT2D eigenvalue weighted by Crippen LogP contribution is -2.39. The molecule has 0 saturated carbocycles. The topological polar surface area (TPSA) is 66.1 Å². The molecule has 6 heteroatoms. The fraction of sp³-hybridized carbons (Fsp3) is 0.526. The van der Waals surface area contributed by atoms with Gasteiger partial charge in [-0.3, -0.25) is 5.10 Å². The van der Waals surface area contributed by atoms with Gasteiger partial charge in [-0.1, -0.05) is 32.9 Å². The van der Waals surface area contributed by atoms with Crippen molar-refractivity contribution in [2.75, 3.05) is 13.1 Å². The predicted octanol–water partition coefficient (Wildman–Crippen LogP) is 3.58. The Hall–Kier alpha value is -1.66. The molecule has 2 aromatic rings. The van der Waals surface area contributed by atoms with Crippen LogP contribution in [0.1, 0.15) is 56.4 Å². The molecule has 1 fully saturated rings. The van der Waals surface area contributed by atoms with Crippen LogP contribution in [0.4, 0.5) is 0 Å². The quantitative estimate of drug-likeness (QED) is 0.908. The van der Waals surface area contributed by atoms with Crippen molar-refractivity contribution in [2.24, 2.45) is 0 Å². The highest BCUT2D eigenvalue weighted by molar-refractivity contribution is 7.89. The maximum atomic E-state index is 13.0. The third kappa shape index (κ3) is 3.65. The number of aromatic amines is 1. The van der Waals surface area contributed by atoms with Crippen molar-refractivity contribution in [2.45, 2.75) is 56.8 Å². The van der Waals surface area contributed by atoms with Gasteiger partial charge in [0.2, 0.25) is 10.0 Å². The normalized spacial score (nSPS) is 19.9. The number of piperidine rings is 1. The standard InChI is InChI=1S/C19H27N3O2S/c1-14-12-20-21-18(14)15-6-5-11-22(13-15)25(23,24)17-9-7-16(8-10-17)19(2,3)4/h7-10,12,15H,5-6,11,13H2,1-4H3,(H,20,21)/t15-/m1/s1. The van der Waals surface area contributed by atoms with Gasteiger partial charge in [0.1, 0.15) is 0 Å². The smallest absolute Gasteiger partial charge is 0.243 e. The Morgan fingerprint density at radius 3 is 2.44 bits per heavy atom. The van der Waals surface area contributed by atoms with Crippen LogP contribution >= 0.6 is 0 Å². The van der Waals surface area contributed by atoms with Gasteiger partial charge >= 0.3 is 0 Å². The molecule has 3 rings (SSSR count). The number of aromatic nitrogens is 2. The Kier molecular flexibility index (Phi) is 4.77. The molecule has 1 atom stereocenters. The van der Waals surface area contributed by atoms with Crippen molar-refractivity contribution < 1.29 is 8.42 Å². The Morgan fingerprint density at radius 1 is 1.20 bits per heavy atom. The molecule has 1 N–H and O–H groups in total. The maximum absolute atomic E-state index is 13.0. The molecule has 0 unspecified atom stereocenters. The molecular weight excluding hydrogens is 334 g/mol. The molecule has 0 bridgehead atoms. The van der Waals surface area contributed by atoms with Crippen LogP contribution in [0.15, 0.2) is 35.4 Å². The second-order valence-corrected chi connectivity index (χ2v) is 9.88. The molecule has 1 aliphatic rings.